The van der Waals surface area contributed by atoms with Crippen LogP contribution in [0.15, 0.2) is 6.20 Å². The highest BCUT2D eigenvalue weighted by Crippen LogP contribution is 2.27. The number of halogens is 3. The molecule has 0 aromatic carbocycles. The largest absolute Gasteiger partial charge is 0.471 e. The lowest BCUT2D eigenvalue weighted by molar-refractivity contribution is -0.384. The Kier molecular flexibility index (Phi) is 6.43. The third-order valence-electron chi connectivity index (χ3n) is 4.30. The Bertz CT molecular complexity index is 630. The molecule has 1 aliphatic heterocycles. The molecule has 3 rings (SSSR count). The molecule has 2 aliphatic rings. The fourth-order valence-electron chi connectivity index (χ4n) is 2.54. The maximum absolute atomic E-state index is 12.2. The number of rotatable bonds is 3. The van der Waals surface area contributed by atoms with Crippen molar-refractivity contribution in [1.82, 2.24) is 15.5 Å². The Morgan fingerprint density at radius 3 is 2.54 bits per heavy atom. The predicted octanol–water partition coefficient (Wildman–Crippen LogP) is 2.77. The molecule has 1 aromatic rings. The average Bonchev–Trinajstić information content (AvgIpc) is 3.23. The van der Waals surface area contributed by atoms with Gasteiger partial charge in [-0.15, -0.1) is 0 Å². The molecule has 146 valence electrons. The van der Waals surface area contributed by atoms with E-state index >= 15 is 0 Å². The fourth-order valence-corrected chi connectivity index (χ4v) is 2.54. The lowest BCUT2D eigenvalue weighted by Crippen LogP contribution is -2.43. The molecule has 0 bridgehead atoms. The summed E-state index contributed by atoms with van der Waals surface area (Å²) >= 11 is 0. The van der Waals surface area contributed by atoms with E-state index in [1.54, 1.807) is 4.90 Å². The van der Waals surface area contributed by atoms with Gasteiger partial charge in [0.2, 0.25) is 5.82 Å². The number of hydrogen-bond donors (Lipinski definition) is 2. The first kappa shape index (κ1) is 20.0. The Morgan fingerprint density at radius 2 is 2.00 bits per heavy atom. The Hall–Kier alpha value is -2.33. The molecule has 0 spiro atoms. The van der Waals surface area contributed by atoms with Gasteiger partial charge in [0.1, 0.15) is 6.20 Å². The van der Waals surface area contributed by atoms with Crippen molar-refractivity contribution in [2.75, 3.05) is 18.0 Å². The molecule has 1 unspecified atom stereocenters. The summed E-state index contributed by atoms with van der Waals surface area (Å²) in [5, 5.41) is 19.0. The van der Waals surface area contributed by atoms with E-state index in [0.29, 0.717) is 19.4 Å². The maximum atomic E-state index is 12.2. The van der Waals surface area contributed by atoms with E-state index in [1.807, 2.05) is 5.32 Å². The van der Waals surface area contributed by atoms with E-state index in [2.05, 4.69) is 17.1 Å². The van der Waals surface area contributed by atoms with Gasteiger partial charge >= 0.3 is 17.8 Å². The number of carbonyl (C=O) groups excluding carboxylic acids is 1. The Balaban J connectivity index is 0.000000534. The molecule has 1 saturated heterocycles. The lowest BCUT2D eigenvalue weighted by Gasteiger charge is -2.20. The van der Waals surface area contributed by atoms with Crippen LogP contribution in [0, 0.1) is 16.0 Å². The number of nitrogens with zero attached hydrogens (tertiary/aromatic N) is 3. The van der Waals surface area contributed by atoms with Crippen LogP contribution in [0.5, 0.6) is 0 Å². The van der Waals surface area contributed by atoms with Crippen LogP contribution in [-0.4, -0.2) is 46.3 Å². The number of aromatic amines is 1. The molecule has 2 heterocycles. The summed E-state index contributed by atoms with van der Waals surface area (Å²) in [5.41, 5.74) is -0.183. The first-order valence-electron chi connectivity index (χ1n) is 8.49. The minimum atomic E-state index is -4.91. The number of nitro groups is 1. The summed E-state index contributed by atoms with van der Waals surface area (Å²) in [6, 6.07) is -0.610. The minimum absolute atomic E-state index is 0.183. The first-order chi connectivity index (χ1) is 12.2. The third-order valence-corrected chi connectivity index (χ3v) is 4.30. The summed E-state index contributed by atoms with van der Waals surface area (Å²) in [4.78, 5) is 22.9. The molecule has 2 N–H and O–H groups in total. The van der Waals surface area contributed by atoms with Crippen LogP contribution < -0.4 is 10.2 Å². The number of alkyl halides is 3. The number of carbonyl (C=O) groups is 1. The highest BCUT2D eigenvalue weighted by atomic mass is 19.4. The third kappa shape index (κ3) is 5.88. The molecule has 8 nitrogen and oxygen atoms in total. The summed E-state index contributed by atoms with van der Waals surface area (Å²) < 4.78 is 36.7. The van der Waals surface area contributed by atoms with Crippen LogP contribution in [0.3, 0.4) is 0 Å². The summed E-state index contributed by atoms with van der Waals surface area (Å²) in [5.74, 6) is -0.647. The van der Waals surface area contributed by atoms with Crippen molar-refractivity contribution in [2.45, 2.75) is 51.2 Å². The van der Waals surface area contributed by atoms with Crippen molar-refractivity contribution in [2.24, 2.45) is 5.92 Å². The fraction of sp³-hybridized carbons (Fsp3) is 0.733. The van der Waals surface area contributed by atoms with Gasteiger partial charge in [-0.2, -0.15) is 18.3 Å². The normalized spacial score (nSPS) is 20.6. The molecule has 1 aliphatic carbocycles. The molecule has 0 radical (unpaired) electrons. The topological polar surface area (TPSA) is 104 Å². The van der Waals surface area contributed by atoms with Gasteiger partial charge in [-0.3, -0.25) is 20.0 Å². The van der Waals surface area contributed by atoms with Gasteiger partial charge in [-0.05, 0) is 25.2 Å². The molecular formula is C15H22F3N5O3. The quantitative estimate of drug-likeness (QED) is 0.623. The van der Waals surface area contributed by atoms with Crippen LogP contribution in [0.2, 0.25) is 0 Å². The smallest absolute Gasteiger partial charge is 0.351 e. The van der Waals surface area contributed by atoms with Gasteiger partial charge < -0.3 is 10.2 Å². The van der Waals surface area contributed by atoms with Crippen LogP contribution >= 0.6 is 0 Å². The van der Waals surface area contributed by atoms with Gasteiger partial charge in [0.25, 0.3) is 0 Å². The molecule has 11 heteroatoms. The van der Waals surface area contributed by atoms with E-state index in [9.17, 15) is 28.1 Å². The Labute approximate surface area is 148 Å². The van der Waals surface area contributed by atoms with Crippen LogP contribution in [0.4, 0.5) is 24.7 Å². The highest BCUT2D eigenvalue weighted by Gasteiger charge is 2.40. The summed E-state index contributed by atoms with van der Waals surface area (Å²) in [6.45, 7) is 2.99. The molecule has 26 heavy (non-hydrogen) atoms. The molecule has 2 fully saturated rings. The number of aromatic nitrogens is 2. The van der Waals surface area contributed by atoms with E-state index in [-0.39, 0.29) is 24.5 Å². The molecule has 1 aromatic heterocycles. The van der Waals surface area contributed by atoms with Crippen LogP contribution in [-0.2, 0) is 4.79 Å². The van der Waals surface area contributed by atoms with Crippen molar-refractivity contribution >= 4 is 17.4 Å². The van der Waals surface area contributed by atoms with E-state index in [0.717, 1.165) is 12.1 Å². The second-order valence-corrected chi connectivity index (χ2v) is 6.63. The van der Waals surface area contributed by atoms with E-state index in [1.165, 1.54) is 12.8 Å². The summed E-state index contributed by atoms with van der Waals surface area (Å²) in [6.07, 6.45) is 0.286. The maximum Gasteiger partial charge on any atom is 0.471 e. The van der Waals surface area contributed by atoms with Crippen molar-refractivity contribution in [3.8, 4) is 0 Å². The predicted molar refractivity (Wildman–Crippen MR) is 87.7 cm³/mol. The number of anilines is 1. The summed E-state index contributed by atoms with van der Waals surface area (Å²) in [7, 11) is 0. The number of hydrogen-bond acceptors (Lipinski definition) is 5. The number of amides is 1. The van der Waals surface area contributed by atoms with Gasteiger partial charge in [-0.25, -0.2) is 0 Å². The zero-order valence-corrected chi connectivity index (χ0v) is 14.4. The van der Waals surface area contributed by atoms with Crippen LogP contribution in [0.1, 0.15) is 39.0 Å². The average molecular weight is 377 g/mol. The van der Waals surface area contributed by atoms with Gasteiger partial charge in [-0.1, -0.05) is 19.8 Å². The Morgan fingerprint density at radius 1 is 1.35 bits per heavy atom. The second-order valence-electron chi connectivity index (χ2n) is 6.63. The van der Waals surface area contributed by atoms with Crippen LogP contribution in [0.25, 0.3) is 0 Å². The zero-order chi connectivity index (χ0) is 19.3. The van der Waals surface area contributed by atoms with Crippen molar-refractivity contribution in [3.63, 3.8) is 0 Å². The molecule has 1 atom stereocenters. The van der Waals surface area contributed by atoms with Crippen molar-refractivity contribution in [1.29, 1.82) is 0 Å². The van der Waals surface area contributed by atoms with Gasteiger partial charge in [0.15, 0.2) is 0 Å². The van der Waals surface area contributed by atoms with Gasteiger partial charge in [0.05, 0.1) is 4.92 Å². The van der Waals surface area contributed by atoms with Crippen molar-refractivity contribution in [3.05, 3.63) is 16.3 Å². The molecule has 1 amide bonds. The van der Waals surface area contributed by atoms with Crippen molar-refractivity contribution < 1.29 is 22.9 Å². The first-order valence-corrected chi connectivity index (χ1v) is 8.49. The monoisotopic (exact) mass is 377 g/mol. The lowest BCUT2D eigenvalue weighted by atomic mass is 10.1. The second kappa shape index (κ2) is 8.37. The molecule has 1 saturated carbocycles. The highest BCUT2D eigenvalue weighted by molar-refractivity contribution is 5.81. The van der Waals surface area contributed by atoms with E-state index < -0.39 is 23.0 Å². The number of nitrogens with one attached hydrogen (secondary N) is 2. The standard InChI is InChI=1S/C11H14F3N5O3.C4H8/c12-11(13,14)10(20)16-7-2-1-4-18(5-3-7)9-8(19(21)22)6-15-17-9;1-4-2-3-4/h6-7H,1-5H2,(H,15,17)(H,16,20);4H,2-3H2,1H3. The SMILES string of the molecule is CC1CC1.O=C(NC1CCCN(c2[nH]ncc2[N+](=O)[O-])CC1)C(F)(F)F. The van der Waals surface area contributed by atoms with Gasteiger partial charge in [0, 0.05) is 19.1 Å². The molecular weight excluding hydrogens is 355 g/mol. The number of H-pyrrole nitrogens is 1. The van der Waals surface area contributed by atoms with E-state index in [4.69, 9.17) is 0 Å². The minimum Gasteiger partial charge on any atom is -0.351 e. The zero-order valence-electron chi connectivity index (χ0n) is 14.4.